The fourth-order valence-corrected chi connectivity index (χ4v) is 4.39. The monoisotopic (exact) mass is 421 g/mol. The van der Waals surface area contributed by atoms with Gasteiger partial charge in [0.05, 0.1) is 24.9 Å². The largest absolute Gasteiger partial charge is 0.483 e. The van der Waals surface area contributed by atoms with E-state index in [1.165, 1.54) is 6.42 Å². The number of aryl methyl sites for hydroxylation is 1. The lowest BCUT2D eigenvalue weighted by Gasteiger charge is -2.43. The first kappa shape index (κ1) is 22.7. The summed E-state index contributed by atoms with van der Waals surface area (Å²) in [5, 5.41) is 11.3. The lowest BCUT2D eigenvalue weighted by atomic mass is 9.97. The summed E-state index contributed by atoms with van der Waals surface area (Å²) in [6, 6.07) is -0.0432. The molecule has 0 radical (unpaired) electrons. The summed E-state index contributed by atoms with van der Waals surface area (Å²) in [4.78, 5) is 28.6. The van der Waals surface area contributed by atoms with E-state index in [0.717, 1.165) is 51.1 Å². The predicted molar refractivity (Wildman–Crippen MR) is 112 cm³/mol. The standard InChI is InChI=1S/C20H33N5O2.CH2O2/c1-20(5-6-20)19(26)25-11-12-27-17(18(25)16-13-21-23(3)14-16)15-24-8-4-7-22(2)9-10-24;2-1-3/h13-14,17-18H,4-12,15H2,1-3H3;1H,(H,2,3)/t17-,18-;/m0./s1. The highest BCUT2D eigenvalue weighted by Gasteiger charge is 2.50. The molecule has 2 aliphatic heterocycles. The van der Waals surface area contributed by atoms with Crippen LogP contribution < -0.4 is 0 Å². The maximum absolute atomic E-state index is 13.2. The van der Waals surface area contributed by atoms with Crippen molar-refractivity contribution in [3.63, 3.8) is 0 Å². The van der Waals surface area contributed by atoms with Crippen LogP contribution >= 0.6 is 0 Å². The normalized spacial score (nSPS) is 27.0. The van der Waals surface area contributed by atoms with Crippen LogP contribution in [0, 0.1) is 5.41 Å². The molecule has 2 saturated heterocycles. The molecule has 30 heavy (non-hydrogen) atoms. The van der Waals surface area contributed by atoms with Gasteiger partial charge >= 0.3 is 0 Å². The van der Waals surface area contributed by atoms with Crippen LogP contribution in [0.4, 0.5) is 0 Å². The second kappa shape index (κ2) is 9.89. The third kappa shape index (κ3) is 5.39. The van der Waals surface area contributed by atoms with Gasteiger partial charge in [0.25, 0.3) is 6.47 Å². The number of nitrogens with zero attached hydrogens (tertiary/aromatic N) is 5. The van der Waals surface area contributed by atoms with Crippen molar-refractivity contribution in [2.24, 2.45) is 12.5 Å². The van der Waals surface area contributed by atoms with Crippen molar-refractivity contribution in [1.82, 2.24) is 24.5 Å². The number of hydrogen-bond donors (Lipinski definition) is 1. The zero-order valence-corrected chi connectivity index (χ0v) is 18.4. The number of aromatic nitrogens is 2. The van der Waals surface area contributed by atoms with Gasteiger partial charge in [-0.1, -0.05) is 6.92 Å². The quantitative estimate of drug-likeness (QED) is 0.720. The molecule has 1 amide bonds. The molecule has 3 heterocycles. The molecule has 1 aromatic heterocycles. The molecule has 0 unspecified atom stereocenters. The van der Waals surface area contributed by atoms with Crippen molar-refractivity contribution in [3.8, 4) is 0 Å². The molecule has 3 fully saturated rings. The minimum atomic E-state index is -0.250. The number of morpholine rings is 1. The van der Waals surface area contributed by atoms with Gasteiger partial charge in [-0.05, 0) is 39.4 Å². The van der Waals surface area contributed by atoms with Crippen LogP contribution in [-0.4, -0.2) is 101 Å². The zero-order valence-electron chi connectivity index (χ0n) is 18.4. The molecule has 1 saturated carbocycles. The summed E-state index contributed by atoms with van der Waals surface area (Å²) in [6.07, 6.45) is 7.13. The van der Waals surface area contributed by atoms with Crippen LogP contribution in [-0.2, 0) is 21.4 Å². The number of carbonyl (C=O) groups is 2. The molecule has 1 N–H and O–H groups in total. The van der Waals surface area contributed by atoms with Crippen LogP contribution in [0.25, 0.3) is 0 Å². The van der Waals surface area contributed by atoms with Crippen molar-refractivity contribution < 1.29 is 19.4 Å². The van der Waals surface area contributed by atoms with Crippen LogP contribution in [0.2, 0.25) is 0 Å². The summed E-state index contributed by atoms with van der Waals surface area (Å²) in [5.41, 5.74) is 0.931. The Hall–Kier alpha value is -1.97. The molecule has 1 aliphatic carbocycles. The van der Waals surface area contributed by atoms with E-state index in [9.17, 15) is 4.79 Å². The smallest absolute Gasteiger partial charge is 0.290 e. The molecular formula is C21H35N5O4. The third-order valence-electron chi connectivity index (χ3n) is 6.45. The van der Waals surface area contributed by atoms with Gasteiger partial charge in [0.15, 0.2) is 0 Å². The minimum absolute atomic E-state index is 0.00217. The molecule has 1 aromatic rings. The van der Waals surface area contributed by atoms with Gasteiger partial charge in [-0.25, -0.2) is 0 Å². The fourth-order valence-electron chi connectivity index (χ4n) is 4.39. The van der Waals surface area contributed by atoms with Crippen LogP contribution in [0.3, 0.4) is 0 Å². The van der Waals surface area contributed by atoms with E-state index in [2.05, 4.69) is 33.8 Å². The second-order valence-corrected chi connectivity index (χ2v) is 8.92. The van der Waals surface area contributed by atoms with Crippen LogP contribution in [0.5, 0.6) is 0 Å². The summed E-state index contributed by atoms with van der Waals surface area (Å²) < 4.78 is 8.07. The highest BCUT2D eigenvalue weighted by molar-refractivity contribution is 5.85. The van der Waals surface area contributed by atoms with Crippen molar-refractivity contribution >= 4 is 12.4 Å². The second-order valence-electron chi connectivity index (χ2n) is 8.92. The van der Waals surface area contributed by atoms with Crippen molar-refractivity contribution in [2.75, 3.05) is 52.9 Å². The molecule has 9 heteroatoms. The van der Waals surface area contributed by atoms with E-state index in [4.69, 9.17) is 14.6 Å². The minimum Gasteiger partial charge on any atom is -0.483 e. The molecular weight excluding hydrogens is 386 g/mol. The topological polar surface area (TPSA) is 91.1 Å². The van der Waals surface area contributed by atoms with Gasteiger partial charge < -0.3 is 19.6 Å². The molecule has 3 aliphatic rings. The van der Waals surface area contributed by atoms with Gasteiger partial charge in [-0.2, -0.15) is 5.10 Å². The summed E-state index contributed by atoms with van der Waals surface area (Å²) in [6.45, 7) is 8.41. The van der Waals surface area contributed by atoms with E-state index in [-0.39, 0.29) is 24.0 Å². The van der Waals surface area contributed by atoms with Gasteiger partial charge in [0.2, 0.25) is 5.91 Å². The number of likely N-dealkylation sites (N-methyl/N-ethyl adjacent to an activating group) is 1. The maximum Gasteiger partial charge on any atom is 0.290 e. The first-order valence-corrected chi connectivity index (χ1v) is 10.8. The Bertz CT molecular complexity index is 720. The number of hydrogen-bond acceptors (Lipinski definition) is 6. The lowest BCUT2D eigenvalue weighted by Crippen LogP contribution is -2.53. The lowest BCUT2D eigenvalue weighted by molar-refractivity contribution is -0.153. The molecule has 0 aromatic carbocycles. The van der Waals surface area contributed by atoms with Gasteiger partial charge in [0.1, 0.15) is 0 Å². The molecule has 168 valence electrons. The van der Waals surface area contributed by atoms with Crippen LogP contribution in [0.1, 0.15) is 37.8 Å². The van der Waals surface area contributed by atoms with Crippen molar-refractivity contribution in [3.05, 3.63) is 18.0 Å². The van der Waals surface area contributed by atoms with E-state index in [1.807, 2.05) is 24.1 Å². The van der Waals surface area contributed by atoms with E-state index < -0.39 is 0 Å². The van der Waals surface area contributed by atoms with E-state index >= 15 is 0 Å². The number of rotatable bonds is 4. The zero-order chi connectivity index (χ0) is 21.7. The Morgan fingerprint density at radius 1 is 1.27 bits per heavy atom. The Morgan fingerprint density at radius 3 is 2.63 bits per heavy atom. The first-order chi connectivity index (χ1) is 14.4. The summed E-state index contributed by atoms with van der Waals surface area (Å²) in [5.74, 6) is 0.292. The molecule has 0 bridgehead atoms. The molecule has 2 atom stereocenters. The number of ether oxygens (including phenoxy) is 1. The molecule has 4 rings (SSSR count). The van der Waals surface area contributed by atoms with E-state index in [1.54, 1.807) is 0 Å². The number of amides is 1. The van der Waals surface area contributed by atoms with Gasteiger partial charge in [-0.3, -0.25) is 19.2 Å². The Balaban J connectivity index is 0.000000806. The Labute approximate surface area is 178 Å². The molecule has 0 spiro atoms. The average molecular weight is 422 g/mol. The summed E-state index contributed by atoms with van der Waals surface area (Å²) >= 11 is 0. The number of carboxylic acid groups (broad SMARTS) is 1. The van der Waals surface area contributed by atoms with Crippen molar-refractivity contribution in [2.45, 2.75) is 38.3 Å². The highest BCUT2D eigenvalue weighted by Crippen LogP contribution is 2.48. The third-order valence-corrected chi connectivity index (χ3v) is 6.45. The van der Waals surface area contributed by atoms with E-state index in [0.29, 0.717) is 19.1 Å². The highest BCUT2D eigenvalue weighted by atomic mass is 16.5. The Morgan fingerprint density at radius 2 is 2.00 bits per heavy atom. The van der Waals surface area contributed by atoms with Crippen LogP contribution in [0.15, 0.2) is 12.4 Å². The SMILES string of the molecule is CN1CCCN(C[C@@H]2OCCN(C(=O)C3(C)CC3)[C@H]2c2cnn(C)c2)CC1.O=CO. The van der Waals surface area contributed by atoms with Gasteiger partial charge in [0, 0.05) is 50.4 Å². The summed E-state index contributed by atoms with van der Waals surface area (Å²) in [7, 11) is 4.12. The predicted octanol–water partition coefficient (Wildman–Crippen LogP) is 0.827. The van der Waals surface area contributed by atoms with Gasteiger partial charge in [-0.15, -0.1) is 0 Å². The maximum atomic E-state index is 13.2. The number of carbonyl (C=O) groups excluding carboxylic acids is 1. The fraction of sp³-hybridized carbons (Fsp3) is 0.762. The Kier molecular flexibility index (Phi) is 7.49. The average Bonchev–Trinajstić information content (AvgIpc) is 3.38. The van der Waals surface area contributed by atoms with Crippen molar-refractivity contribution in [1.29, 1.82) is 0 Å². The molecule has 9 nitrogen and oxygen atoms in total. The first-order valence-electron chi connectivity index (χ1n) is 10.8.